The lowest BCUT2D eigenvalue weighted by Crippen LogP contribution is -2.31. The lowest BCUT2D eigenvalue weighted by molar-refractivity contribution is 0.208. The van der Waals surface area contributed by atoms with Crippen LogP contribution in [0.4, 0.5) is 27.9 Å². The molecule has 4 rings (SSSR count). The van der Waals surface area contributed by atoms with Crippen LogP contribution in [0.15, 0.2) is 72.9 Å². The van der Waals surface area contributed by atoms with Gasteiger partial charge in [-0.05, 0) is 54.8 Å². The van der Waals surface area contributed by atoms with E-state index in [2.05, 4.69) is 15.3 Å². The Kier molecular flexibility index (Phi) is 7.73. The fraction of sp³-hybridized carbons (Fsp3) is 0.179. The first kappa shape index (κ1) is 25.3. The minimum atomic E-state index is -0.649. The number of aromatic nitrogens is 2. The van der Waals surface area contributed by atoms with Crippen LogP contribution in [0, 0.1) is 13.8 Å². The molecule has 1 heterocycles. The summed E-state index contributed by atoms with van der Waals surface area (Å²) < 4.78 is 16.5. The van der Waals surface area contributed by atoms with Gasteiger partial charge in [0.05, 0.1) is 19.9 Å². The zero-order chi connectivity index (χ0) is 26.4. The number of rotatable bonds is 8. The number of benzene rings is 3. The number of nitrogens with two attached hydrogens (primary N) is 1. The molecule has 0 saturated heterocycles. The predicted molar refractivity (Wildman–Crippen MR) is 144 cm³/mol. The largest absolute Gasteiger partial charge is 0.497 e. The van der Waals surface area contributed by atoms with E-state index in [4.69, 9.17) is 19.9 Å². The summed E-state index contributed by atoms with van der Waals surface area (Å²) in [5, 5.41) is 3.20. The number of carbonyl (C=O) groups is 1. The maximum Gasteiger partial charge on any atom is 0.425 e. The smallest absolute Gasteiger partial charge is 0.425 e. The molecule has 1 amide bonds. The lowest BCUT2D eigenvalue weighted by atomic mass is 10.1. The van der Waals surface area contributed by atoms with Crippen molar-refractivity contribution in [3.63, 3.8) is 0 Å². The van der Waals surface area contributed by atoms with Crippen molar-refractivity contribution in [2.24, 2.45) is 0 Å². The van der Waals surface area contributed by atoms with Crippen LogP contribution in [0.3, 0.4) is 0 Å². The van der Waals surface area contributed by atoms with Gasteiger partial charge < -0.3 is 25.3 Å². The Bertz CT molecular complexity index is 1370. The number of hydrogen-bond acceptors (Lipinski definition) is 8. The predicted octanol–water partition coefficient (Wildman–Crippen LogP) is 5.64. The molecule has 0 saturated carbocycles. The SMILES string of the molecule is COc1ccc(OC(=O)N(c2ccnc(NCc3ccc(N)cc3)n2)c2c(C)cccc2C)c(OC)c1. The quantitative estimate of drug-likeness (QED) is 0.300. The van der Waals surface area contributed by atoms with Gasteiger partial charge in [-0.25, -0.2) is 14.7 Å². The Labute approximate surface area is 215 Å². The van der Waals surface area contributed by atoms with Gasteiger partial charge in [0, 0.05) is 30.6 Å². The topological polar surface area (TPSA) is 112 Å². The number of para-hydroxylation sites is 1. The number of methoxy groups -OCH3 is 2. The number of nitrogen functional groups attached to an aromatic ring is 1. The normalized spacial score (nSPS) is 10.5. The highest BCUT2D eigenvalue weighted by Crippen LogP contribution is 2.35. The van der Waals surface area contributed by atoms with Crippen molar-refractivity contribution in [2.75, 3.05) is 30.2 Å². The summed E-state index contributed by atoms with van der Waals surface area (Å²) in [4.78, 5) is 24.1. The van der Waals surface area contributed by atoms with Crippen molar-refractivity contribution in [3.8, 4) is 17.2 Å². The van der Waals surface area contributed by atoms with E-state index in [1.165, 1.54) is 12.0 Å². The van der Waals surface area contributed by atoms with E-state index in [-0.39, 0.29) is 5.75 Å². The molecule has 4 aromatic rings. The third-order valence-electron chi connectivity index (χ3n) is 5.71. The summed E-state index contributed by atoms with van der Waals surface area (Å²) in [6.07, 6.45) is 0.944. The second-order valence-corrected chi connectivity index (χ2v) is 8.29. The molecule has 9 nitrogen and oxygen atoms in total. The third kappa shape index (κ3) is 5.90. The number of anilines is 4. The third-order valence-corrected chi connectivity index (χ3v) is 5.71. The van der Waals surface area contributed by atoms with Crippen LogP contribution in [-0.2, 0) is 6.54 Å². The highest BCUT2D eigenvalue weighted by atomic mass is 16.6. The highest BCUT2D eigenvalue weighted by Gasteiger charge is 2.26. The van der Waals surface area contributed by atoms with Crippen molar-refractivity contribution in [1.82, 2.24) is 9.97 Å². The van der Waals surface area contributed by atoms with Crippen molar-refractivity contribution in [3.05, 3.63) is 89.6 Å². The molecule has 37 heavy (non-hydrogen) atoms. The van der Waals surface area contributed by atoms with Gasteiger partial charge in [-0.3, -0.25) is 0 Å². The molecule has 0 fully saturated rings. The van der Waals surface area contributed by atoms with Crippen molar-refractivity contribution in [1.29, 1.82) is 0 Å². The van der Waals surface area contributed by atoms with Gasteiger partial charge >= 0.3 is 6.09 Å². The summed E-state index contributed by atoms with van der Waals surface area (Å²) in [6, 6.07) is 19.9. The number of aryl methyl sites for hydroxylation is 2. The highest BCUT2D eigenvalue weighted by molar-refractivity contribution is 5.98. The average molecular weight is 500 g/mol. The van der Waals surface area contributed by atoms with Crippen LogP contribution in [0.1, 0.15) is 16.7 Å². The first-order chi connectivity index (χ1) is 17.9. The number of carbonyl (C=O) groups excluding carboxylic acids is 1. The molecule has 0 aliphatic rings. The molecule has 0 radical (unpaired) electrons. The van der Waals surface area contributed by atoms with Crippen molar-refractivity contribution in [2.45, 2.75) is 20.4 Å². The van der Waals surface area contributed by atoms with Gasteiger partial charge in [0.25, 0.3) is 0 Å². The van der Waals surface area contributed by atoms with Gasteiger partial charge in [0.1, 0.15) is 11.6 Å². The van der Waals surface area contributed by atoms with Crippen LogP contribution in [0.5, 0.6) is 17.2 Å². The molecule has 3 N–H and O–H groups in total. The zero-order valence-corrected chi connectivity index (χ0v) is 21.2. The van der Waals surface area contributed by atoms with Crippen LogP contribution >= 0.6 is 0 Å². The van der Waals surface area contributed by atoms with E-state index < -0.39 is 6.09 Å². The summed E-state index contributed by atoms with van der Waals surface area (Å²) in [6.45, 7) is 4.34. The number of hydrogen-bond donors (Lipinski definition) is 2. The van der Waals surface area contributed by atoms with Gasteiger partial charge in [-0.15, -0.1) is 0 Å². The minimum absolute atomic E-state index is 0.250. The van der Waals surface area contributed by atoms with Gasteiger partial charge in [0.2, 0.25) is 5.95 Å². The van der Waals surface area contributed by atoms with E-state index in [1.54, 1.807) is 37.6 Å². The van der Waals surface area contributed by atoms with Crippen LogP contribution < -0.4 is 30.2 Å². The van der Waals surface area contributed by atoms with E-state index in [9.17, 15) is 4.79 Å². The maximum absolute atomic E-state index is 13.7. The molecule has 0 aliphatic heterocycles. The molecule has 9 heteroatoms. The molecule has 0 spiro atoms. The van der Waals surface area contributed by atoms with Gasteiger partial charge in [-0.2, -0.15) is 4.98 Å². The Morgan fingerprint density at radius 3 is 2.35 bits per heavy atom. The first-order valence-corrected chi connectivity index (χ1v) is 11.6. The van der Waals surface area contributed by atoms with Crippen LogP contribution in [0.2, 0.25) is 0 Å². The standard InChI is InChI=1S/C28H29N5O4/c1-18-6-5-7-19(2)26(18)33(28(34)37-23-13-12-22(35-3)16-24(23)36-4)25-14-15-30-27(32-25)31-17-20-8-10-21(29)11-9-20/h5-16H,17,29H2,1-4H3,(H,30,31,32). The zero-order valence-electron chi connectivity index (χ0n) is 21.2. The molecule has 0 unspecified atom stereocenters. The first-order valence-electron chi connectivity index (χ1n) is 11.6. The number of ether oxygens (including phenoxy) is 3. The Balaban J connectivity index is 1.68. The monoisotopic (exact) mass is 499 g/mol. The van der Waals surface area contributed by atoms with E-state index in [1.807, 2.05) is 56.3 Å². The maximum atomic E-state index is 13.7. The minimum Gasteiger partial charge on any atom is -0.497 e. The average Bonchev–Trinajstić information content (AvgIpc) is 2.90. The van der Waals surface area contributed by atoms with E-state index in [0.717, 1.165) is 16.7 Å². The number of nitrogens with zero attached hydrogens (tertiary/aromatic N) is 3. The summed E-state index contributed by atoms with van der Waals surface area (Å²) in [5.41, 5.74) is 9.92. The fourth-order valence-electron chi connectivity index (χ4n) is 3.83. The second-order valence-electron chi connectivity index (χ2n) is 8.29. The van der Waals surface area contributed by atoms with Crippen molar-refractivity contribution >= 4 is 29.2 Å². The van der Waals surface area contributed by atoms with E-state index in [0.29, 0.717) is 41.2 Å². The Morgan fingerprint density at radius 2 is 1.68 bits per heavy atom. The van der Waals surface area contributed by atoms with Gasteiger partial charge in [-0.1, -0.05) is 30.3 Å². The Morgan fingerprint density at radius 1 is 0.946 bits per heavy atom. The summed E-state index contributed by atoms with van der Waals surface area (Å²) in [5.74, 6) is 1.91. The Hall–Kier alpha value is -4.79. The molecular weight excluding hydrogens is 470 g/mol. The molecule has 3 aromatic carbocycles. The molecular formula is C28H29N5O4. The lowest BCUT2D eigenvalue weighted by Gasteiger charge is -2.25. The molecule has 0 atom stereocenters. The van der Waals surface area contributed by atoms with Crippen LogP contribution in [0.25, 0.3) is 0 Å². The molecule has 1 aromatic heterocycles. The van der Waals surface area contributed by atoms with Crippen molar-refractivity contribution < 1.29 is 19.0 Å². The molecule has 190 valence electrons. The van der Waals surface area contributed by atoms with E-state index >= 15 is 0 Å². The van der Waals surface area contributed by atoms with Gasteiger partial charge in [0.15, 0.2) is 11.5 Å². The summed E-state index contributed by atoms with van der Waals surface area (Å²) in [7, 11) is 3.05. The molecule has 0 aliphatic carbocycles. The number of amides is 1. The summed E-state index contributed by atoms with van der Waals surface area (Å²) >= 11 is 0. The fourth-order valence-corrected chi connectivity index (χ4v) is 3.83. The van der Waals surface area contributed by atoms with Crippen LogP contribution in [-0.4, -0.2) is 30.3 Å². The molecule has 0 bridgehead atoms. The second kappa shape index (κ2) is 11.3. The number of nitrogens with one attached hydrogen (secondary N) is 1.